The number of ether oxygens (including phenoxy) is 1. The van der Waals surface area contributed by atoms with Gasteiger partial charge in [-0.2, -0.15) is 5.10 Å². The van der Waals surface area contributed by atoms with Gasteiger partial charge in [-0.05, 0) is 36.6 Å². The molecule has 1 unspecified atom stereocenters. The predicted molar refractivity (Wildman–Crippen MR) is 98.3 cm³/mol. The van der Waals surface area contributed by atoms with Crippen LogP contribution in [0.5, 0.6) is 5.75 Å². The molecule has 140 valence electrons. The van der Waals surface area contributed by atoms with Gasteiger partial charge in [0.2, 0.25) is 10.0 Å². The fourth-order valence-electron chi connectivity index (χ4n) is 3.43. The van der Waals surface area contributed by atoms with Gasteiger partial charge >= 0.3 is 0 Å². The normalized spacial score (nSPS) is 20.7. The Morgan fingerprint density at radius 2 is 2.00 bits per heavy atom. The van der Waals surface area contributed by atoms with E-state index < -0.39 is 10.0 Å². The molecular weight excluding hydrogens is 352 g/mol. The van der Waals surface area contributed by atoms with Gasteiger partial charge in [-0.25, -0.2) is 13.1 Å². The molecule has 2 aliphatic rings. The van der Waals surface area contributed by atoms with Crippen molar-refractivity contribution in [2.75, 3.05) is 20.2 Å². The molecule has 1 aliphatic heterocycles. The van der Waals surface area contributed by atoms with Gasteiger partial charge in [0.1, 0.15) is 5.75 Å². The van der Waals surface area contributed by atoms with Crippen LogP contribution < -0.4 is 9.46 Å². The van der Waals surface area contributed by atoms with Crippen LogP contribution in [0.15, 0.2) is 36.5 Å². The first-order chi connectivity index (χ1) is 12.5. The monoisotopic (exact) mass is 376 g/mol. The van der Waals surface area contributed by atoms with Crippen molar-refractivity contribution in [3.63, 3.8) is 0 Å². The van der Waals surface area contributed by atoms with Crippen LogP contribution in [0.2, 0.25) is 0 Å². The first-order valence-corrected chi connectivity index (χ1v) is 10.5. The number of aromatic nitrogens is 2. The van der Waals surface area contributed by atoms with Crippen molar-refractivity contribution >= 4 is 10.0 Å². The molecule has 26 heavy (non-hydrogen) atoms. The van der Waals surface area contributed by atoms with E-state index in [0.717, 1.165) is 43.9 Å². The first-order valence-electron chi connectivity index (χ1n) is 8.91. The summed E-state index contributed by atoms with van der Waals surface area (Å²) in [6.45, 7) is 2.75. The number of benzene rings is 1. The van der Waals surface area contributed by atoms with Crippen molar-refractivity contribution in [2.24, 2.45) is 0 Å². The molecule has 1 saturated carbocycles. The molecule has 1 N–H and O–H groups in total. The van der Waals surface area contributed by atoms with E-state index in [4.69, 9.17) is 4.74 Å². The van der Waals surface area contributed by atoms with Gasteiger partial charge in [0.15, 0.2) is 0 Å². The molecule has 0 saturated heterocycles. The van der Waals surface area contributed by atoms with Crippen molar-refractivity contribution in [2.45, 2.75) is 37.2 Å². The zero-order chi connectivity index (χ0) is 18.1. The van der Waals surface area contributed by atoms with E-state index in [-0.39, 0.29) is 11.3 Å². The van der Waals surface area contributed by atoms with E-state index >= 15 is 0 Å². The lowest BCUT2D eigenvalue weighted by Crippen LogP contribution is -2.43. The molecule has 8 heteroatoms. The maximum Gasteiger partial charge on any atom is 0.214 e. The average Bonchev–Trinajstić information content (AvgIpc) is 3.40. The highest BCUT2D eigenvalue weighted by atomic mass is 32.2. The third-order valence-corrected chi connectivity index (χ3v) is 6.92. The Bertz CT molecular complexity index is 859. The second-order valence-corrected chi connectivity index (χ2v) is 9.08. The molecule has 4 rings (SSSR count). The summed E-state index contributed by atoms with van der Waals surface area (Å²) in [6.07, 6.45) is 3.34. The molecule has 0 spiro atoms. The number of sulfonamides is 1. The topological polar surface area (TPSA) is 76.5 Å². The van der Waals surface area contributed by atoms with E-state index in [1.54, 1.807) is 13.3 Å². The fraction of sp³-hybridized carbons (Fsp3) is 0.500. The van der Waals surface area contributed by atoms with Crippen molar-refractivity contribution in [1.82, 2.24) is 19.4 Å². The molecule has 0 radical (unpaired) electrons. The van der Waals surface area contributed by atoms with Crippen LogP contribution in [0, 0.1) is 0 Å². The van der Waals surface area contributed by atoms with Crippen LogP contribution in [0.3, 0.4) is 0 Å². The fourth-order valence-corrected chi connectivity index (χ4v) is 4.85. The largest absolute Gasteiger partial charge is 0.497 e. The molecule has 1 aromatic carbocycles. The third kappa shape index (κ3) is 3.77. The zero-order valence-corrected chi connectivity index (χ0v) is 15.7. The minimum Gasteiger partial charge on any atom is -0.497 e. The maximum atomic E-state index is 12.2. The maximum absolute atomic E-state index is 12.2. The number of nitrogens with zero attached hydrogens (tertiary/aromatic N) is 3. The van der Waals surface area contributed by atoms with Gasteiger partial charge in [-0.15, -0.1) is 0 Å². The predicted octanol–water partition coefficient (Wildman–Crippen LogP) is 1.53. The molecule has 2 heterocycles. The second-order valence-electron chi connectivity index (χ2n) is 7.03. The highest BCUT2D eigenvalue weighted by Gasteiger charge is 2.36. The summed E-state index contributed by atoms with van der Waals surface area (Å²) in [7, 11) is -1.52. The lowest BCUT2D eigenvalue weighted by molar-refractivity contribution is 0.168. The highest BCUT2D eigenvalue weighted by molar-refractivity contribution is 7.90. The van der Waals surface area contributed by atoms with E-state index in [1.165, 1.54) is 5.56 Å². The van der Waals surface area contributed by atoms with Crippen LogP contribution in [-0.2, 0) is 23.1 Å². The third-order valence-electron chi connectivity index (χ3n) is 5.00. The molecular formula is C18H24N4O3S. The van der Waals surface area contributed by atoms with Crippen LogP contribution in [0.1, 0.15) is 30.1 Å². The van der Waals surface area contributed by atoms with E-state index in [1.807, 2.05) is 22.9 Å². The average molecular weight is 376 g/mol. The van der Waals surface area contributed by atoms with Crippen LogP contribution in [-0.4, -0.2) is 48.5 Å². The molecule has 1 atom stereocenters. The van der Waals surface area contributed by atoms with E-state index in [0.29, 0.717) is 6.54 Å². The molecule has 0 amide bonds. The number of methoxy groups -OCH3 is 1. The lowest BCUT2D eigenvalue weighted by atomic mass is 10.1. The second kappa shape index (κ2) is 7.02. The van der Waals surface area contributed by atoms with E-state index in [2.05, 4.69) is 26.9 Å². The summed E-state index contributed by atoms with van der Waals surface area (Å²) < 4.78 is 34.3. The van der Waals surface area contributed by atoms with Crippen LogP contribution >= 0.6 is 0 Å². The van der Waals surface area contributed by atoms with Crippen LogP contribution in [0.4, 0.5) is 0 Å². The summed E-state index contributed by atoms with van der Waals surface area (Å²) >= 11 is 0. The Labute approximate surface area is 154 Å². The van der Waals surface area contributed by atoms with Crippen LogP contribution in [0.25, 0.3) is 0 Å². The van der Waals surface area contributed by atoms with Gasteiger partial charge < -0.3 is 4.74 Å². The molecule has 0 bridgehead atoms. The number of hydrogen-bond acceptors (Lipinski definition) is 5. The zero-order valence-electron chi connectivity index (χ0n) is 14.8. The summed E-state index contributed by atoms with van der Waals surface area (Å²) in [5.74, 6) is 0.845. The minimum atomic E-state index is -3.18. The number of rotatable bonds is 7. The standard InChI is InChI=1S/C18H24N4O3S/c1-25-17-4-2-14(3-5-17)11-21-12-15-8-9-19-22(15)16(13-21)10-20-26(23,24)18-6-7-18/h2-5,8-9,16,18,20H,6-7,10-13H2,1H3. The summed E-state index contributed by atoms with van der Waals surface area (Å²) in [6, 6.07) is 10.1. The number of fused-ring (bicyclic) bond motifs is 1. The van der Waals surface area contributed by atoms with Crippen molar-refractivity contribution in [3.05, 3.63) is 47.8 Å². The Kier molecular flexibility index (Phi) is 4.73. The Morgan fingerprint density at radius 3 is 2.69 bits per heavy atom. The lowest BCUT2D eigenvalue weighted by Gasteiger charge is -2.34. The smallest absolute Gasteiger partial charge is 0.214 e. The van der Waals surface area contributed by atoms with Crippen molar-refractivity contribution in [1.29, 1.82) is 0 Å². The minimum absolute atomic E-state index is 0.000485. The summed E-state index contributed by atoms with van der Waals surface area (Å²) in [5.41, 5.74) is 2.32. The van der Waals surface area contributed by atoms with Crippen molar-refractivity contribution in [3.8, 4) is 5.75 Å². The van der Waals surface area contributed by atoms with Gasteiger partial charge in [-0.3, -0.25) is 9.58 Å². The molecule has 2 aromatic rings. The summed E-state index contributed by atoms with van der Waals surface area (Å²) in [5, 5.41) is 4.21. The quantitative estimate of drug-likeness (QED) is 0.793. The molecule has 7 nitrogen and oxygen atoms in total. The van der Waals surface area contributed by atoms with Gasteiger partial charge in [0.05, 0.1) is 24.1 Å². The highest BCUT2D eigenvalue weighted by Crippen LogP contribution is 2.28. The molecule has 1 aromatic heterocycles. The summed E-state index contributed by atoms with van der Waals surface area (Å²) in [4.78, 5) is 2.33. The van der Waals surface area contributed by atoms with Gasteiger partial charge in [-0.1, -0.05) is 12.1 Å². The number of nitrogens with one attached hydrogen (secondary N) is 1. The van der Waals surface area contributed by atoms with Gasteiger partial charge in [0.25, 0.3) is 0 Å². The molecule has 1 fully saturated rings. The Hall–Kier alpha value is -1.90. The van der Waals surface area contributed by atoms with Crippen molar-refractivity contribution < 1.29 is 13.2 Å². The SMILES string of the molecule is COc1ccc(CN2Cc3ccnn3C(CNS(=O)(=O)C3CC3)C2)cc1. The Balaban J connectivity index is 1.44. The molecule has 1 aliphatic carbocycles. The number of hydrogen-bond donors (Lipinski definition) is 1. The Morgan fingerprint density at radius 1 is 1.23 bits per heavy atom. The first kappa shape index (κ1) is 17.5. The van der Waals surface area contributed by atoms with E-state index in [9.17, 15) is 8.42 Å². The van der Waals surface area contributed by atoms with Gasteiger partial charge in [0, 0.05) is 32.4 Å².